The van der Waals surface area contributed by atoms with Crippen molar-refractivity contribution in [2.75, 3.05) is 10.6 Å². The van der Waals surface area contributed by atoms with Crippen molar-refractivity contribution in [2.45, 2.75) is 19.8 Å². The van der Waals surface area contributed by atoms with Crippen molar-refractivity contribution in [3.05, 3.63) is 59.7 Å². The standard InChI is InChI=1S/C17H18N2O2S/c1-11(2)12-6-8-14(9-7-12)18-17(22)19-15-5-3-4-13(10-15)16(20)21/h3-11H,1-2H3,(H,20,21)(H2,18,19,22). The molecule has 0 heterocycles. The number of nitrogens with one attached hydrogen (secondary N) is 2. The van der Waals surface area contributed by atoms with E-state index >= 15 is 0 Å². The summed E-state index contributed by atoms with van der Waals surface area (Å²) in [6, 6.07) is 14.6. The van der Waals surface area contributed by atoms with Gasteiger partial charge in [0.2, 0.25) is 0 Å². The molecule has 0 bridgehead atoms. The van der Waals surface area contributed by atoms with Crippen LogP contribution in [0.3, 0.4) is 0 Å². The van der Waals surface area contributed by atoms with Gasteiger partial charge in [-0.25, -0.2) is 4.79 Å². The molecule has 0 fully saturated rings. The minimum Gasteiger partial charge on any atom is -0.478 e. The number of anilines is 2. The molecule has 2 aromatic rings. The fraction of sp³-hybridized carbons (Fsp3) is 0.176. The molecule has 0 radical (unpaired) electrons. The highest BCUT2D eigenvalue weighted by molar-refractivity contribution is 7.80. The van der Waals surface area contributed by atoms with Crippen LogP contribution in [-0.4, -0.2) is 16.2 Å². The van der Waals surface area contributed by atoms with E-state index in [1.807, 2.05) is 12.1 Å². The van der Waals surface area contributed by atoms with E-state index in [0.717, 1.165) is 5.69 Å². The molecule has 0 saturated heterocycles. The van der Waals surface area contributed by atoms with Crippen molar-refractivity contribution in [1.82, 2.24) is 0 Å². The molecule has 5 heteroatoms. The van der Waals surface area contributed by atoms with Gasteiger partial charge < -0.3 is 15.7 Å². The van der Waals surface area contributed by atoms with Gasteiger partial charge in [0.15, 0.2) is 5.11 Å². The summed E-state index contributed by atoms with van der Waals surface area (Å²) in [7, 11) is 0. The second-order valence-corrected chi connectivity index (χ2v) is 5.65. The Morgan fingerprint density at radius 2 is 1.68 bits per heavy atom. The molecule has 114 valence electrons. The van der Waals surface area contributed by atoms with Gasteiger partial charge in [-0.2, -0.15) is 0 Å². The van der Waals surface area contributed by atoms with E-state index in [-0.39, 0.29) is 5.56 Å². The zero-order chi connectivity index (χ0) is 16.1. The summed E-state index contributed by atoms with van der Waals surface area (Å²) in [4.78, 5) is 10.9. The van der Waals surface area contributed by atoms with E-state index < -0.39 is 5.97 Å². The molecular formula is C17H18N2O2S. The number of carboxylic acid groups (broad SMARTS) is 1. The maximum Gasteiger partial charge on any atom is 0.335 e. The summed E-state index contributed by atoms with van der Waals surface area (Å²) in [5.74, 6) is -0.482. The number of thiocarbonyl (C=S) groups is 1. The normalized spacial score (nSPS) is 10.3. The minimum atomic E-state index is -0.966. The highest BCUT2D eigenvalue weighted by Crippen LogP contribution is 2.17. The van der Waals surface area contributed by atoms with Crippen molar-refractivity contribution >= 4 is 34.7 Å². The monoisotopic (exact) mass is 314 g/mol. The predicted molar refractivity (Wildman–Crippen MR) is 93.8 cm³/mol. The molecule has 2 aromatic carbocycles. The Kier molecular flexibility index (Phi) is 5.12. The molecule has 2 rings (SSSR count). The van der Waals surface area contributed by atoms with E-state index in [1.165, 1.54) is 17.7 Å². The molecule has 0 aliphatic rings. The second kappa shape index (κ2) is 7.04. The first-order valence-corrected chi connectivity index (χ1v) is 7.38. The highest BCUT2D eigenvalue weighted by atomic mass is 32.1. The first kappa shape index (κ1) is 16.0. The third-order valence-electron chi connectivity index (χ3n) is 3.20. The Morgan fingerprint density at radius 1 is 1.05 bits per heavy atom. The van der Waals surface area contributed by atoms with Gasteiger partial charge in [0, 0.05) is 11.4 Å². The van der Waals surface area contributed by atoms with Gasteiger partial charge in [0.05, 0.1) is 5.56 Å². The van der Waals surface area contributed by atoms with Crippen molar-refractivity contribution in [2.24, 2.45) is 0 Å². The zero-order valence-corrected chi connectivity index (χ0v) is 13.3. The summed E-state index contributed by atoms with van der Waals surface area (Å²) in [6.07, 6.45) is 0. The summed E-state index contributed by atoms with van der Waals surface area (Å²) < 4.78 is 0. The number of aromatic carboxylic acids is 1. The Balaban J connectivity index is 2.00. The third-order valence-corrected chi connectivity index (χ3v) is 3.41. The Bertz CT molecular complexity index is 681. The molecule has 0 saturated carbocycles. The second-order valence-electron chi connectivity index (χ2n) is 5.24. The van der Waals surface area contributed by atoms with Crippen molar-refractivity contribution in [1.29, 1.82) is 0 Å². The van der Waals surface area contributed by atoms with Crippen LogP contribution in [0, 0.1) is 0 Å². The molecule has 4 nitrogen and oxygen atoms in total. The maximum absolute atomic E-state index is 10.9. The lowest BCUT2D eigenvalue weighted by Crippen LogP contribution is -2.19. The minimum absolute atomic E-state index is 0.217. The van der Waals surface area contributed by atoms with Gasteiger partial charge in [0.25, 0.3) is 0 Å². The number of carboxylic acids is 1. The van der Waals surface area contributed by atoms with Crippen LogP contribution in [-0.2, 0) is 0 Å². The Hall–Kier alpha value is -2.40. The molecule has 0 unspecified atom stereocenters. The SMILES string of the molecule is CC(C)c1ccc(NC(=S)Nc2cccc(C(=O)O)c2)cc1. The average Bonchev–Trinajstić information content (AvgIpc) is 2.47. The van der Waals surface area contributed by atoms with Crippen LogP contribution in [0.4, 0.5) is 11.4 Å². The molecular weight excluding hydrogens is 296 g/mol. The summed E-state index contributed by atoms with van der Waals surface area (Å²) in [5, 5.41) is 15.4. The van der Waals surface area contributed by atoms with Gasteiger partial charge in [-0.1, -0.05) is 32.0 Å². The molecule has 0 amide bonds. The smallest absolute Gasteiger partial charge is 0.335 e. The quantitative estimate of drug-likeness (QED) is 0.734. The van der Waals surface area contributed by atoms with Crippen LogP contribution >= 0.6 is 12.2 Å². The molecule has 0 aromatic heterocycles. The van der Waals surface area contributed by atoms with Crippen LogP contribution in [0.2, 0.25) is 0 Å². The Morgan fingerprint density at radius 3 is 2.27 bits per heavy atom. The first-order valence-electron chi connectivity index (χ1n) is 6.97. The van der Waals surface area contributed by atoms with Crippen molar-refractivity contribution in [3.63, 3.8) is 0 Å². The van der Waals surface area contributed by atoms with Crippen LogP contribution in [0.25, 0.3) is 0 Å². The topological polar surface area (TPSA) is 61.4 Å². The van der Waals surface area contributed by atoms with Crippen molar-refractivity contribution in [3.8, 4) is 0 Å². The summed E-state index contributed by atoms with van der Waals surface area (Å²) in [6.45, 7) is 4.29. The molecule has 0 aliphatic heterocycles. The summed E-state index contributed by atoms with van der Waals surface area (Å²) >= 11 is 5.24. The van der Waals surface area contributed by atoms with Crippen LogP contribution in [0.15, 0.2) is 48.5 Å². The van der Waals surface area contributed by atoms with Gasteiger partial charge in [-0.15, -0.1) is 0 Å². The van der Waals surface area contributed by atoms with E-state index in [9.17, 15) is 4.79 Å². The number of carbonyl (C=O) groups is 1. The fourth-order valence-corrected chi connectivity index (χ4v) is 2.21. The predicted octanol–water partition coefficient (Wildman–Crippen LogP) is 4.32. The average molecular weight is 314 g/mol. The first-order chi connectivity index (χ1) is 10.5. The fourth-order valence-electron chi connectivity index (χ4n) is 1.97. The molecule has 0 spiro atoms. The number of benzene rings is 2. The zero-order valence-electron chi connectivity index (χ0n) is 12.5. The lowest BCUT2D eigenvalue weighted by atomic mass is 10.0. The van der Waals surface area contributed by atoms with Gasteiger partial charge in [-0.3, -0.25) is 0 Å². The Labute approximate surface area is 135 Å². The van der Waals surface area contributed by atoms with Crippen molar-refractivity contribution < 1.29 is 9.90 Å². The van der Waals surface area contributed by atoms with Gasteiger partial charge >= 0.3 is 5.97 Å². The number of hydrogen-bond donors (Lipinski definition) is 3. The van der Waals surface area contributed by atoms with E-state index in [2.05, 4.69) is 36.6 Å². The molecule has 0 atom stereocenters. The molecule has 3 N–H and O–H groups in total. The maximum atomic E-state index is 10.9. The van der Waals surface area contributed by atoms with E-state index in [1.54, 1.807) is 12.1 Å². The lowest BCUT2D eigenvalue weighted by Gasteiger charge is -2.12. The highest BCUT2D eigenvalue weighted by Gasteiger charge is 2.05. The number of rotatable bonds is 4. The molecule has 22 heavy (non-hydrogen) atoms. The van der Waals surface area contributed by atoms with E-state index in [4.69, 9.17) is 17.3 Å². The number of hydrogen-bond acceptors (Lipinski definition) is 2. The van der Waals surface area contributed by atoms with Gasteiger partial charge in [-0.05, 0) is 54.0 Å². The largest absolute Gasteiger partial charge is 0.478 e. The van der Waals surface area contributed by atoms with E-state index in [0.29, 0.717) is 16.7 Å². The summed E-state index contributed by atoms with van der Waals surface area (Å²) in [5.41, 5.74) is 3.00. The third kappa shape index (κ3) is 4.30. The van der Waals surface area contributed by atoms with Crippen LogP contribution in [0.5, 0.6) is 0 Å². The lowest BCUT2D eigenvalue weighted by molar-refractivity contribution is 0.0697. The van der Waals surface area contributed by atoms with Gasteiger partial charge in [0.1, 0.15) is 0 Å². The van der Waals surface area contributed by atoms with Crippen LogP contribution in [0.1, 0.15) is 35.7 Å². The van der Waals surface area contributed by atoms with Crippen LogP contribution < -0.4 is 10.6 Å². The molecule has 0 aliphatic carbocycles.